The molecule has 5 heteroatoms. The van der Waals surface area contributed by atoms with E-state index in [1.807, 2.05) is 0 Å². The summed E-state index contributed by atoms with van der Waals surface area (Å²) < 4.78 is 0. The van der Waals surface area contributed by atoms with Crippen molar-refractivity contribution in [2.24, 2.45) is 0 Å². The summed E-state index contributed by atoms with van der Waals surface area (Å²) in [5.74, 6) is 2.16. The Kier molecular flexibility index (Phi) is 3.32. The quantitative estimate of drug-likeness (QED) is 0.840. The summed E-state index contributed by atoms with van der Waals surface area (Å²) in [6.45, 7) is 7.60. The van der Waals surface area contributed by atoms with Crippen molar-refractivity contribution >= 4 is 11.6 Å². The largest absolute Gasteiger partial charge is 0.356 e. The van der Waals surface area contributed by atoms with Gasteiger partial charge in [0.2, 0.25) is 0 Å². The van der Waals surface area contributed by atoms with Crippen molar-refractivity contribution in [2.75, 3.05) is 42.5 Å². The van der Waals surface area contributed by atoms with Crippen LogP contribution < -0.4 is 15.1 Å². The van der Waals surface area contributed by atoms with Crippen LogP contribution in [0.2, 0.25) is 0 Å². The lowest BCUT2D eigenvalue weighted by Gasteiger charge is -2.35. The first-order valence-corrected chi connectivity index (χ1v) is 6.89. The summed E-state index contributed by atoms with van der Waals surface area (Å²) in [4.78, 5) is 13.6. The van der Waals surface area contributed by atoms with Gasteiger partial charge in [0.25, 0.3) is 0 Å². The molecule has 2 aliphatic rings. The van der Waals surface area contributed by atoms with Crippen molar-refractivity contribution in [3.05, 3.63) is 12.4 Å². The molecule has 1 atom stereocenters. The van der Waals surface area contributed by atoms with E-state index in [1.165, 1.54) is 12.8 Å². The second-order valence-electron chi connectivity index (χ2n) is 5.18. The molecule has 5 nitrogen and oxygen atoms in total. The summed E-state index contributed by atoms with van der Waals surface area (Å²) in [6.07, 6.45) is 4.27. The van der Waals surface area contributed by atoms with Gasteiger partial charge in [0, 0.05) is 44.8 Å². The van der Waals surface area contributed by atoms with E-state index in [1.54, 1.807) is 6.33 Å². The molecule has 2 saturated heterocycles. The highest BCUT2D eigenvalue weighted by Crippen LogP contribution is 2.22. The predicted molar refractivity (Wildman–Crippen MR) is 73.2 cm³/mol. The second kappa shape index (κ2) is 5.10. The van der Waals surface area contributed by atoms with E-state index in [9.17, 15) is 0 Å². The van der Waals surface area contributed by atoms with E-state index < -0.39 is 0 Å². The van der Waals surface area contributed by atoms with Crippen molar-refractivity contribution in [3.8, 4) is 0 Å². The number of piperazine rings is 1. The lowest BCUT2D eigenvalue weighted by molar-refractivity contribution is 0.497. The fraction of sp³-hybridized carbons (Fsp3) is 0.692. The van der Waals surface area contributed by atoms with Crippen molar-refractivity contribution in [1.82, 2.24) is 15.3 Å². The Labute approximate surface area is 108 Å². The number of hydrogen-bond donors (Lipinski definition) is 1. The van der Waals surface area contributed by atoms with Gasteiger partial charge in [0.15, 0.2) is 0 Å². The van der Waals surface area contributed by atoms with Crippen LogP contribution in [0.3, 0.4) is 0 Å². The fourth-order valence-electron chi connectivity index (χ4n) is 2.79. The lowest BCUT2D eigenvalue weighted by atomic mass is 10.2. The normalized spacial score (nSPS) is 24.6. The zero-order valence-electron chi connectivity index (χ0n) is 11.0. The smallest absolute Gasteiger partial charge is 0.134 e. The standard InChI is InChI=1S/C13H21N5/c1-11-9-14-4-7-18(11)13-8-12(15-10-16-13)17-5-2-3-6-17/h8,10-11,14H,2-7,9H2,1H3. The average Bonchev–Trinajstić information content (AvgIpc) is 2.93. The number of hydrogen-bond acceptors (Lipinski definition) is 5. The maximum Gasteiger partial charge on any atom is 0.134 e. The molecule has 98 valence electrons. The van der Waals surface area contributed by atoms with Crippen LogP contribution in [-0.4, -0.2) is 48.7 Å². The van der Waals surface area contributed by atoms with Gasteiger partial charge in [0.1, 0.15) is 18.0 Å². The molecule has 1 N–H and O–H groups in total. The van der Waals surface area contributed by atoms with E-state index in [4.69, 9.17) is 0 Å². The number of aromatic nitrogens is 2. The van der Waals surface area contributed by atoms with Crippen molar-refractivity contribution in [2.45, 2.75) is 25.8 Å². The summed E-state index contributed by atoms with van der Waals surface area (Å²) in [7, 11) is 0. The van der Waals surface area contributed by atoms with Crippen molar-refractivity contribution < 1.29 is 0 Å². The molecule has 1 unspecified atom stereocenters. The van der Waals surface area contributed by atoms with Gasteiger partial charge in [-0.2, -0.15) is 0 Å². The highest BCUT2D eigenvalue weighted by molar-refractivity contribution is 5.51. The summed E-state index contributed by atoms with van der Waals surface area (Å²) in [5, 5.41) is 3.41. The van der Waals surface area contributed by atoms with E-state index in [-0.39, 0.29) is 0 Å². The number of anilines is 2. The number of nitrogens with one attached hydrogen (secondary N) is 1. The number of rotatable bonds is 2. The highest BCUT2D eigenvalue weighted by atomic mass is 15.3. The Bertz CT molecular complexity index is 402. The van der Waals surface area contributed by atoms with Crippen LogP contribution >= 0.6 is 0 Å². The van der Waals surface area contributed by atoms with Gasteiger partial charge in [-0.3, -0.25) is 0 Å². The molecule has 0 spiro atoms. The Morgan fingerprint density at radius 1 is 1.17 bits per heavy atom. The maximum atomic E-state index is 4.45. The molecule has 3 heterocycles. The summed E-state index contributed by atoms with van der Waals surface area (Å²) >= 11 is 0. The predicted octanol–water partition coefficient (Wildman–Crippen LogP) is 0.875. The summed E-state index contributed by atoms with van der Waals surface area (Å²) in [6, 6.07) is 2.65. The second-order valence-corrected chi connectivity index (χ2v) is 5.18. The first-order valence-electron chi connectivity index (χ1n) is 6.89. The van der Waals surface area contributed by atoms with Gasteiger partial charge in [0.05, 0.1) is 0 Å². The summed E-state index contributed by atoms with van der Waals surface area (Å²) in [5.41, 5.74) is 0. The van der Waals surface area contributed by atoms with Gasteiger partial charge in [-0.1, -0.05) is 0 Å². The van der Waals surface area contributed by atoms with Gasteiger partial charge in [-0.05, 0) is 19.8 Å². The van der Waals surface area contributed by atoms with E-state index in [2.05, 4.69) is 38.1 Å². The van der Waals surface area contributed by atoms with Gasteiger partial charge >= 0.3 is 0 Å². The molecule has 1 aromatic rings. The molecule has 0 saturated carbocycles. The van der Waals surface area contributed by atoms with Gasteiger partial charge < -0.3 is 15.1 Å². The topological polar surface area (TPSA) is 44.3 Å². The molecule has 1 aromatic heterocycles. The van der Waals surface area contributed by atoms with Crippen molar-refractivity contribution in [3.63, 3.8) is 0 Å². The lowest BCUT2D eigenvalue weighted by Crippen LogP contribution is -2.50. The molecular formula is C13H21N5. The van der Waals surface area contributed by atoms with E-state index in [0.717, 1.165) is 44.4 Å². The Morgan fingerprint density at radius 2 is 1.94 bits per heavy atom. The fourth-order valence-corrected chi connectivity index (χ4v) is 2.79. The SMILES string of the molecule is CC1CNCCN1c1cc(N2CCCC2)ncn1. The van der Waals surface area contributed by atoms with Gasteiger partial charge in [-0.25, -0.2) is 9.97 Å². The van der Waals surface area contributed by atoms with Gasteiger partial charge in [-0.15, -0.1) is 0 Å². The third kappa shape index (κ3) is 2.27. The van der Waals surface area contributed by atoms with Crippen LogP contribution in [0.5, 0.6) is 0 Å². The highest BCUT2D eigenvalue weighted by Gasteiger charge is 2.21. The third-order valence-electron chi connectivity index (χ3n) is 3.86. The average molecular weight is 247 g/mol. The first-order chi connectivity index (χ1) is 8.84. The Balaban J connectivity index is 1.81. The van der Waals surface area contributed by atoms with Crippen LogP contribution in [0, 0.1) is 0 Å². The molecule has 0 amide bonds. The third-order valence-corrected chi connectivity index (χ3v) is 3.86. The van der Waals surface area contributed by atoms with Crippen LogP contribution in [0.4, 0.5) is 11.6 Å². The Morgan fingerprint density at radius 3 is 2.72 bits per heavy atom. The van der Waals surface area contributed by atoms with Crippen LogP contribution in [0.1, 0.15) is 19.8 Å². The minimum atomic E-state index is 0.500. The van der Waals surface area contributed by atoms with Crippen molar-refractivity contribution in [1.29, 1.82) is 0 Å². The molecular weight excluding hydrogens is 226 g/mol. The zero-order chi connectivity index (χ0) is 12.4. The maximum absolute atomic E-state index is 4.45. The Hall–Kier alpha value is -1.36. The number of nitrogens with zero attached hydrogens (tertiary/aromatic N) is 4. The molecule has 2 aliphatic heterocycles. The first kappa shape index (κ1) is 11.7. The molecule has 0 radical (unpaired) electrons. The molecule has 0 aliphatic carbocycles. The molecule has 2 fully saturated rings. The molecule has 0 aromatic carbocycles. The molecule has 18 heavy (non-hydrogen) atoms. The van der Waals surface area contributed by atoms with Crippen LogP contribution in [0.25, 0.3) is 0 Å². The van der Waals surface area contributed by atoms with E-state index in [0.29, 0.717) is 6.04 Å². The van der Waals surface area contributed by atoms with E-state index >= 15 is 0 Å². The minimum absolute atomic E-state index is 0.500. The molecule has 0 bridgehead atoms. The minimum Gasteiger partial charge on any atom is -0.356 e. The zero-order valence-corrected chi connectivity index (χ0v) is 11.0. The molecule has 3 rings (SSSR count). The van der Waals surface area contributed by atoms with Crippen LogP contribution in [-0.2, 0) is 0 Å². The monoisotopic (exact) mass is 247 g/mol. The van der Waals surface area contributed by atoms with Crippen LogP contribution in [0.15, 0.2) is 12.4 Å².